The van der Waals surface area contributed by atoms with Crippen LogP contribution in [0, 0.1) is 17.9 Å². The number of hydrogen-bond donors (Lipinski definition) is 0. The van der Waals surface area contributed by atoms with E-state index in [0.717, 1.165) is 27.6 Å². The number of nitriles is 1. The monoisotopic (exact) mass is 570 g/mol. The largest absolute Gasteiger partial charge is 0.238 e. The highest BCUT2D eigenvalue weighted by molar-refractivity contribution is 6.01. The Morgan fingerprint density at radius 3 is 1.91 bits per heavy atom. The first kappa shape index (κ1) is 25.2. The van der Waals surface area contributed by atoms with E-state index >= 15 is 0 Å². The summed E-state index contributed by atoms with van der Waals surface area (Å²) in [6.07, 6.45) is 0. The fraction of sp³-hybridized carbons (Fsp3) is 0.0244. The average molecular weight is 571 g/mol. The predicted molar refractivity (Wildman–Crippen MR) is 178 cm³/mol. The molecule has 45 heavy (non-hydrogen) atoms. The van der Waals surface area contributed by atoms with Gasteiger partial charge in [0.1, 0.15) is 0 Å². The highest BCUT2D eigenvalue weighted by Gasteiger charge is 2.52. The molecule has 1 spiro atoms. The number of aromatic nitrogens is 2. The third kappa shape index (κ3) is 3.34. The second-order valence-corrected chi connectivity index (χ2v) is 11.5. The molecule has 0 radical (unpaired) electrons. The van der Waals surface area contributed by atoms with Crippen molar-refractivity contribution < 1.29 is 0 Å². The van der Waals surface area contributed by atoms with Gasteiger partial charge in [0.05, 0.1) is 29.3 Å². The van der Waals surface area contributed by atoms with E-state index in [1.54, 1.807) is 18.2 Å². The molecule has 0 N–H and O–H groups in total. The molecular weight excluding hydrogens is 548 g/mol. The number of rotatable bonds is 2. The normalized spacial score (nSPS) is 13.0. The number of nitrogens with zero attached hydrogens (tertiary/aromatic N) is 4. The van der Waals surface area contributed by atoms with Crippen molar-refractivity contribution in [1.29, 1.82) is 5.26 Å². The zero-order chi connectivity index (χ0) is 30.1. The fourth-order valence-electron chi connectivity index (χ4n) is 7.62. The first-order valence-corrected chi connectivity index (χ1v) is 14.9. The summed E-state index contributed by atoms with van der Waals surface area (Å²) in [6, 6.07) is 48.1. The SMILES string of the molecule is [C-]#[N+]c1cc(C#N)cc(-c2nc(-c3cccc4c3-c3ccccc3C43c4ccccc4-c4ccccc43)nc3ccccc23)c1. The molecule has 7 aromatic rings. The number of fused-ring (bicyclic) bond motifs is 11. The molecule has 2 aliphatic rings. The molecule has 4 heteroatoms. The van der Waals surface area contributed by atoms with Crippen LogP contribution in [0.4, 0.5) is 5.69 Å². The van der Waals surface area contributed by atoms with Crippen LogP contribution in [0.2, 0.25) is 0 Å². The Morgan fingerprint density at radius 1 is 0.600 bits per heavy atom. The molecule has 6 aromatic carbocycles. The van der Waals surface area contributed by atoms with Crippen LogP contribution in [0.3, 0.4) is 0 Å². The summed E-state index contributed by atoms with van der Waals surface area (Å²) >= 11 is 0. The van der Waals surface area contributed by atoms with Gasteiger partial charge < -0.3 is 0 Å². The van der Waals surface area contributed by atoms with E-state index in [0.29, 0.717) is 22.8 Å². The van der Waals surface area contributed by atoms with Crippen LogP contribution in [-0.2, 0) is 5.41 Å². The van der Waals surface area contributed by atoms with E-state index in [1.165, 1.54) is 38.9 Å². The summed E-state index contributed by atoms with van der Waals surface area (Å²) in [5.41, 5.74) is 13.4. The second-order valence-electron chi connectivity index (χ2n) is 11.5. The molecule has 0 atom stereocenters. The molecule has 0 amide bonds. The Morgan fingerprint density at radius 2 is 1.20 bits per heavy atom. The van der Waals surface area contributed by atoms with Crippen molar-refractivity contribution in [3.8, 4) is 51.0 Å². The lowest BCUT2D eigenvalue weighted by Gasteiger charge is -2.30. The standard InChI is InChI=1S/C41H22N4/c1-43-27-22-25(24-42)21-26(23-27)39-31-14-5-9-20-37(31)44-40(45-39)32-15-10-19-36-38(32)30-13-4-8-18-35(30)41(36)33-16-6-2-11-28(33)29-12-3-7-17-34(29)41/h2-23H. The minimum absolute atomic E-state index is 0.406. The summed E-state index contributed by atoms with van der Waals surface area (Å²) in [5, 5.41) is 10.6. The van der Waals surface area contributed by atoms with Crippen LogP contribution >= 0.6 is 0 Å². The van der Waals surface area contributed by atoms with Crippen LogP contribution in [0.25, 0.3) is 60.6 Å². The topological polar surface area (TPSA) is 53.9 Å². The van der Waals surface area contributed by atoms with E-state index in [2.05, 4.69) is 102 Å². The van der Waals surface area contributed by atoms with Crippen molar-refractivity contribution in [2.24, 2.45) is 0 Å². The lowest BCUT2D eigenvalue weighted by molar-refractivity contribution is 0.794. The molecule has 0 aliphatic heterocycles. The number of hydrogen-bond acceptors (Lipinski definition) is 3. The summed E-state index contributed by atoms with van der Waals surface area (Å²) in [5.74, 6) is 0.610. The van der Waals surface area contributed by atoms with Gasteiger partial charge in [-0.1, -0.05) is 109 Å². The summed E-state index contributed by atoms with van der Waals surface area (Å²) < 4.78 is 0. The zero-order valence-corrected chi connectivity index (χ0v) is 24.0. The van der Waals surface area contributed by atoms with Gasteiger partial charge in [-0.15, -0.1) is 0 Å². The quantitative estimate of drug-likeness (QED) is 0.194. The third-order valence-electron chi connectivity index (χ3n) is 9.31. The smallest absolute Gasteiger partial charge is 0.189 e. The molecule has 0 bridgehead atoms. The van der Waals surface area contributed by atoms with Crippen molar-refractivity contribution in [1.82, 2.24) is 9.97 Å². The molecule has 0 saturated heterocycles. The van der Waals surface area contributed by atoms with Crippen molar-refractivity contribution in [2.75, 3.05) is 0 Å². The van der Waals surface area contributed by atoms with Gasteiger partial charge in [-0.2, -0.15) is 5.26 Å². The van der Waals surface area contributed by atoms with E-state index < -0.39 is 5.41 Å². The molecule has 2 aliphatic carbocycles. The summed E-state index contributed by atoms with van der Waals surface area (Å²) in [6.45, 7) is 7.63. The van der Waals surface area contributed by atoms with E-state index in [4.69, 9.17) is 16.5 Å². The Balaban J connectivity index is 1.37. The summed E-state index contributed by atoms with van der Waals surface area (Å²) in [4.78, 5) is 14.0. The van der Waals surface area contributed by atoms with Crippen LogP contribution in [0.15, 0.2) is 133 Å². The Labute approximate surface area is 260 Å². The molecule has 1 heterocycles. The lowest BCUT2D eigenvalue weighted by atomic mass is 9.70. The predicted octanol–water partition coefficient (Wildman–Crippen LogP) is 9.73. The third-order valence-corrected chi connectivity index (χ3v) is 9.31. The van der Waals surface area contributed by atoms with Crippen molar-refractivity contribution >= 4 is 16.6 Å². The molecular formula is C41H22N4. The maximum Gasteiger partial charge on any atom is 0.189 e. The van der Waals surface area contributed by atoms with Crippen molar-refractivity contribution in [3.63, 3.8) is 0 Å². The molecule has 0 saturated carbocycles. The second kappa shape index (κ2) is 9.32. The minimum Gasteiger partial charge on any atom is -0.238 e. The van der Waals surface area contributed by atoms with Gasteiger partial charge in [-0.25, -0.2) is 14.8 Å². The van der Waals surface area contributed by atoms with Gasteiger partial charge in [-0.3, -0.25) is 0 Å². The van der Waals surface area contributed by atoms with Crippen LogP contribution in [0.5, 0.6) is 0 Å². The van der Waals surface area contributed by atoms with Crippen molar-refractivity contribution in [3.05, 3.63) is 173 Å². The average Bonchev–Trinajstić information content (AvgIpc) is 3.58. The Bertz CT molecular complexity index is 2400. The van der Waals surface area contributed by atoms with Crippen LogP contribution < -0.4 is 0 Å². The van der Waals surface area contributed by atoms with E-state index in [9.17, 15) is 5.26 Å². The lowest BCUT2D eigenvalue weighted by Crippen LogP contribution is -2.25. The van der Waals surface area contributed by atoms with Crippen molar-refractivity contribution in [2.45, 2.75) is 5.41 Å². The van der Waals surface area contributed by atoms with E-state index in [-0.39, 0.29) is 0 Å². The maximum absolute atomic E-state index is 9.73. The Hall–Kier alpha value is -6.36. The maximum atomic E-state index is 9.73. The molecule has 0 unspecified atom stereocenters. The first-order chi connectivity index (χ1) is 22.2. The Kier molecular flexibility index (Phi) is 5.21. The van der Waals surface area contributed by atoms with Gasteiger partial charge in [0.15, 0.2) is 11.5 Å². The minimum atomic E-state index is -0.458. The first-order valence-electron chi connectivity index (χ1n) is 14.9. The van der Waals surface area contributed by atoms with Crippen LogP contribution in [0.1, 0.15) is 27.8 Å². The fourth-order valence-corrected chi connectivity index (χ4v) is 7.62. The van der Waals surface area contributed by atoms with Gasteiger partial charge >= 0.3 is 0 Å². The van der Waals surface area contributed by atoms with E-state index in [1.807, 2.05) is 24.3 Å². The molecule has 0 fully saturated rings. The number of benzene rings is 6. The van der Waals surface area contributed by atoms with Gasteiger partial charge in [0.2, 0.25) is 0 Å². The molecule has 206 valence electrons. The highest BCUT2D eigenvalue weighted by Crippen LogP contribution is 2.63. The highest BCUT2D eigenvalue weighted by atomic mass is 14.9. The van der Waals surface area contributed by atoms with Gasteiger partial charge in [-0.05, 0) is 74.3 Å². The van der Waals surface area contributed by atoms with Gasteiger partial charge in [0.25, 0.3) is 0 Å². The van der Waals surface area contributed by atoms with Crippen LogP contribution in [-0.4, -0.2) is 9.97 Å². The molecule has 9 rings (SSSR count). The number of para-hydroxylation sites is 1. The summed E-state index contributed by atoms with van der Waals surface area (Å²) in [7, 11) is 0. The zero-order valence-electron chi connectivity index (χ0n) is 24.0. The molecule has 1 aromatic heterocycles. The van der Waals surface area contributed by atoms with Gasteiger partial charge in [0, 0.05) is 16.5 Å². The molecule has 4 nitrogen and oxygen atoms in total.